The number of amidine groups is 1. The van der Waals surface area contributed by atoms with Crippen LogP contribution < -0.4 is 10.6 Å². The molecule has 1 aliphatic rings. The second-order valence-electron chi connectivity index (χ2n) is 3.97. The molecule has 0 unspecified atom stereocenters. The Kier molecular flexibility index (Phi) is 3.23. The summed E-state index contributed by atoms with van der Waals surface area (Å²) in [5.74, 6) is 1.79. The lowest BCUT2D eigenvalue weighted by Gasteiger charge is -2.13. The Labute approximate surface area is 97.9 Å². The zero-order chi connectivity index (χ0) is 11.5. The highest BCUT2D eigenvalue weighted by atomic mass is 32.1. The predicted molar refractivity (Wildman–Crippen MR) is 63.2 cm³/mol. The molecule has 1 saturated carbocycles. The molecule has 0 radical (unpaired) electrons. The Morgan fingerprint density at radius 2 is 2.44 bits per heavy atom. The number of nitrogens with two attached hydrogens (primary N) is 1. The molecule has 0 aromatic carbocycles. The van der Waals surface area contributed by atoms with E-state index in [1.54, 1.807) is 0 Å². The average molecular weight is 241 g/mol. The normalized spacial score (nSPS) is 16.4. The van der Waals surface area contributed by atoms with Crippen LogP contribution in [-0.4, -0.2) is 34.0 Å². The molecule has 2 rings (SSSR count). The Hall–Kier alpha value is -1.37. The van der Waals surface area contributed by atoms with E-state index in [0.717, 1.165) is 11.0 Å². The van der Waals surface area contributed by atoms with Crippen LogP contribution in [0.4, 0.5) is 5.13 Å². The number of nitrogens with zero attached hydrogens (tertiary/aromatic N) is 4. The largest absolute Gasteiger partial charge is 0.409 e. The standard InChI is InChI=1S/C9H15N5OS/c1-14(5-4-7(10)12-15)9-11-8(13-16-9)6-2-3-6/h6,15H,2-5H2,1H3,(H2,10,12). The van der Waals surface area contributed by atoms with Crippen molar-refractivity contribution in [3.63, 3.8) is 0 Å². The second kappa shape index (κ2) is 4.65. The molecule has 0 saturated heterocycles. The van der Waals surface area contributed by atoms with Crippen molar-refractivity contribution < 1.29 is 5.21 Å². The van der Waals surface area contributed by atoms with Crippen LogP contribution in [0.2, 0.25) is 0 Å². The lowest BCUT2D eigenvalue weighted by Crippen LogP contribution is -2.24. The van der Waals surface area contributed by atoms with Gasteiger partial charge in [0.25, 0.3) is 0 Å². The van der Waals surface area contributed by atoms with Crippen LogP contribution >= 0.6 is 11.5 Å². The predicted octanol–water partition coefficient (Wildman–Crippen LogP) is 0.988. The van der Waals surface area contributed by atoms with E-state index in [0.29, 0.717) is 18.9 Å². The lowest BCUT2D eigenvalue weighted by molar-refractivity contribution is 0.317. The molecule has 0 aliphatic heterocycles. The molecule has 1 heterocycles. The maximum atomic E-state index is 8.42. The SMILES string of the molecule is CN(CCC(N)=NO)c1nc(C2CC2)ns1. The average Bonchev–Trinajstić information content (AvgIpc) is 3.03. The van der Waals surface area contributed by atoms with Crippen molar-refractivity contribution in [1.29, 1.82) is 0 Å². The van der Waals surface area contributed by atoms with Crippen LogP contribution in [0, 0.1) is 0 Å². The summed E-state index contributed by atoms with van der Waals surface area (Å²) >= 11 is 1.41. The van der Waals surface area contributed by atoms with E-state index in [2.05, 4.69) is 14.5 Å². The van der Waals surface area contributed by atoms with Crippen molar-refractivity contribution in [3.8, 4) is 0 Å². The molecule has 16 heavy (non-hydrogen) atoms. The smallest absolute Gasteiger partial charge is 0.204 e. The molecule has 0 spiro atoms. The fourth-order valence-corrected chi connectivity index (χ4v) is 2.05. The van der Waals surface area contributed by atoms with Gasteiger partial charge in [0.2, 0.25) is 5.13 Å². The van der Waals surface area contributed by atoms with Crippen molar-refractivity contribution in [2.75, 3.05) is 18.5 Å². The number of aromatic nitrogens is 2. The van der Waals surface area contributed by atoms with Crippen molar-refractivity contribution in [2.24, 2.45) is 10.9 Å². The first-order chi connectivity index (χ1) is 7.70. The molecule has 3 N–H and O–H groups in total. The monoisotopic (exact) mass is 241 g/mol. The molecule has 1 fully saturated rings. The van der Waals surface area contributed by atoms with Gasteiger partial charge >= 0.3 is 0 Å². The highest BCUT2D eigenvalue weighted by Crippen LogP contribution is 2.39. The van der Waals surface area contributed by atoms with Gasteiger partial charge < -0.3 is 15.8 Å². The first-order valence-electron chi connectivity index (χ1n) is 5.22. The zero-order valence-corrected chi connectivity index (χ0v) is 9.94. The molecule has 0 atom stereocenters. The quantitative estimate of drug-likeness (QED) is 0.347. The number of rotatable bonds is 5. The number of anilines is 1. The van der Waals surface area contributed by atoms with E-state index in [1.165, 1.54) is 24.4 Å². The van der Waals surface area contributed by atoms with E-state index in [4.69, 9.17) is 10.9 Å². The molecule has 88 valence electrons. The number of oxime groups is 1. The summed E-state index contributed by atoms with van der Waals surface area (Å²) < 4.78 is 4.32. The van der Waals surface area contributed by atoms with Crippen molar-refractivity contribution in [2.45, 2.75) is 25.2 Å². The van der Waals surface area contributed by atoms with Gasteiger partial charge in [-0.25, -0.2) is 4.98 Å². The Bertz CT molecular complexity index is 387. The van der Waals surface area contributed by atoms with Crippen molar-refractivity contribution in [1.82, 2.24) is 9.36 Å². The Balaban J connectivity index is 1.89. The van der Waals surface area contributed by atoms with E-state index in [9.17, 15) is 0 Å². The maximum absolute atomic E-state index is 8.42. The van der Waals surface area contributed by atoms with E-state index >= 15 is 0 Å². The van der Waals surface area contributed by atoms with Crippen LogP contribution in [0.1, 0.15) is 31.0 Å². The van der Waals surface area contributed by atoms with Gasteiger partial charge in [0.15, 0.2) is 0 Å². The highest BCUT2D eigenvalue weighted by molar-refractivity contribution is 7.09. The van der Waals surface area contributed by atoms with Crippen molar-refractivity contribution >= 4 is 22.5 Å². The minimum Gasteiger partial charge on any atom is -0.409 e. The van der Waals surface area contributed by atoms with E-state index in [-0.39, 0.29) is 5.84 Å². The molecule has 0 bridgehead atoms. The molecule has 1 aliphatic carbocycles. The maximum Gasteiger partial charge on any atom is 0.204 e. The molecule has 0 amide bonds. The first kappa shape index (κ1) is 11.1. The van der Waals surface area contributed by atoms with Crippen LogP contribution in [-0.2, 0) is 0 Å². The van der Waals surface area contributed by atoms with Gasteiger partial charge in [-0.15, -0.1) is 0 Å². The van der Waals surface area contributed by atoms with Gasteiger partial charge in [0.05, 0.1) is 0 Å². The lowest BCUT2D eigenvalue weighted by atomic mass is 10.4. The fraction of sp³-hybridized carbons (Fsp3) is 0.667. The summed E-state index contributed by atoms with van der Waals surface area (Å²) in [5, 5.41) is 12.3. The van der Waals surface area contributed by atoms with Gasteiger partial charge in [-0.2, -0.15) is 4.37 Å². The zero-order valence-electron chi connectivity index (χ0n) is 9.13. The highest BCUT2D eigenvalue weighted by Gasteiger charge is 2.28. The number of hydrogen-bond acceptors (Lipinski definition) is 6. The third kappa shape index (κ3) is 2.60. The molecule has 6 nitrogen and oxygen atoms in total. The summed E-state index contributed by atoms with van der Waals surface area (Å²) in [6, 6.07) is 0. The van der Waals surface area contributed by atoms with Crippen LogP contribution in [0.3, 0.4) is 0 Å². The van der Waals surface area contributed by atoms with Crippen LogP contribution in [0.25, 0.3) is 0 Å². The van der Waals surface area contributed by atoms with Gasteiger partial charge in [-0.3, -0.25) is 0 Å². The van der Waals surface area contributed by atoms with Crippen LogP contribution in [0.15, 0.2) is 5.16 Å². The molecule has 1 aromatic heterocycles. The molecule has 1 aromatic rings. The molecular formula is C9H15N5OS. The second-order valence-corrected chi connectivity index (χ2v) is 4.70. The van der Waals surface area contributed by atoms with Crippen LogP contribution in [0.5, 0.6) is 0 Å². The molecular weight excluding hydrogens is 226 g/mol. The summed E-state index contributed by atoms with van der Waals surface area (Å²) in [7, 11) is 1.93. The third-order valence-electron chi connectivity index (χ3n) is 2.53. The van der Waals surface area contributed by atoms with Gasteiger partial charge in [-0.05, 0) is 12.8 Å². The van der Waals surface area contributed by atoms with Gasteiger partial charge in [-0.1, -0.05) is 5.16 Å². The van der Waals surface area contributed by atoms with Gasteiger partial charge in [0.1, 0.15) is 11.7 Å². The summed E-state index contributed by atoms with van der Waals surface area (Å²) in [5.41, 5.74) is 5.40. The summed E-state index contributed by atoms with van der Waals surface area (Å²) in [6.07, 6.45) is 2.94. The van der Waals surface area contributed by atoms with E-state index < -0.39 is 0 Å². The van der Waals surface area contributed by atoms with E-state index in [1.807, 2.05) is 11.9 Å². The minimum absolute atomic E-state index is 0.235. The third-order valence-corrected chi connectivity index (χ3v) is 3.38. The fourth-order valence-electron chi connectivity index (χ4n) is 1.32. The first-order valence-corrected chi connectivity index (χ1v) is 5.99. The minimum atomic E-state index is 0.235. The molecule has 7 heteroatoms. The topological polar surface area (TPSA) is 87.6 Å². The Morgan fingerprint density at radius 1 is 1.69 bits per heavy atom. The Morgan fingerprint density at radius 3 is 3.06 bits per heavy atom. The summed E-state index contributed by atoms with van der Waals surface area (Å²) in [4.78, 5) is 6.44. The summed E-state index contributed by atoms with van der Waals surface area (Å²) in [6.45, 7) is 0.676. The number of hydrogen-bond donors (Lipinski definition) is 2. The van der Waals surface area contributed by atoms with Gasteiger partial charge in [0, 0.05) is 37.5 Å². The van der Waals surface area contributed by atoms with Crippen molar-refractivity contribution in [3.05, 3.63) is 5.82 Å².